The second-order valence-electron chi connectivity index (χ2n) is 8.21. The summed E-state index contributed by atoms with van der Waals surface area (Å²) in [4.78, 5) is 24.9. The number of nitrogens with zero attached hydrogens (tertiary/aromatic N) is 2. The molecule has 6 heteroatoms. The van der Waals surface area contributed by atoms with E-state index in [0.717, 1.165) is 24.2 Å². The van der Waals surface area contributed by atoms with E-state index in [2.05, 4.69) is 28.2 Å². The first-order valence-electron chi connectivity index (χ1n) is 8.99. The summed E-state index contributed by atoms with van der Waals surface area (Å²) in [6.07, 6.45) is 0. The van der Waals surface area contributed by atoms with Crippen molar-refractivity contribution in [1.29, 1.82) is 0 Å². The Bertz CT molecular complexity index is 682. The van der Waals surface area contributed by atoms with Crippen LogP contribution in [0, 0.1) is 0 Å². The number of quaternary nitrogens is 2. The summed E-state index contributed by atoms with van der Waals surface area (Å²) >= 11 is 0. The molecule has 0 aliphatic carbocycles. The van der Waals surface area contributed by atoms with Gasteiger partial charge in [0.1, 0.15) is 26.2 Å². The molecule has 2 aromatic rings. The van der Waals surface area contributed by atoms with E-state index in [1.165, 1.54) is 0 Å². The first-order valence-corrected chi connectivity index (χ1v) is 8.99. The first kappa shape index (κ1) is 26.3. The Balaban J connectivity index is 0.00000364. The molecule has 0 unspecified atom stereocenters. The van der Waals surface area contributed by atoms with Crippen LogP contribution < -0.4 is 24.8 Å². The van der Waals surface area contributed by atoms with Crippen molar-refractivity contribution in [2.75, 3.05) is 54.4 Å². The van der Waals surface area contributed by atoms with Gasteiger partial charge in [-0.3, -0.25) is 9.59 Å². The van der Waals surface area contributed by atoms with Gasteiger partial charge in [0.2, 0.25) is 11.6 Å². The van der Waals surface area contributed by atoms with E-state index in [9.17, 15) is 9.59 Å². The van der Waals surface area contributed by atoms with Crippen LogP contribution in [-0.2, 0) is 0 Å². The summed E-state index contributed by atoms with van der Waals surface area (Å²) in [6.45, 7) is 2.56. The Labute approximate surface area is 181 Å². The fraction of sp³-hybridized carbons (Fsp3) is 0.364. The van der Waals surface area contributed by atoms with Crippen LogP contribution in [0.25, 0.3) is 0 Å². The maximum atomic E-state index is 12.5. The molecule has 0 fully saturated rings. The van der Waals surface area contributed by atoms with Crippen LogP contribution in [0.1, 0.15) is 20.7 Å². The molecular weight excluding hydrogens is 395 g/mol. The molecule has 0 aliphatic rings. The zero-order valence-electron chi connectivity index (χ0n) is 17.1. The minimum Gasteiger partial charge on any atom is -1.00 e. The smallest absolute Gasteiger partial charge is 0.216 e. The van der Waals surface area contributed by atoms with Gasteiger partial charge < -0.3 is 33.8 Å². The number of carbonyl (C=O) groups excluding carboxylic acids is 2. The Morgan fingerprint density at radius 1 is 0.607 bits per heavy atom. The zero-order valence-corrected chi connectivity index (χ0v) is 18.6. The molecule has 28 heavy (non-hydrogen) atoms. The summed E-state index contributed by atoms with van der Waals surface area (Å²) in [5.74, 6) is 0.308. The van der Waals surface area contributed by atoms with E-state index < -0.39 is 0 Å². The second-order valence-corrected chi connectivity index (χ2v) is 8.21. The third-order valence-electron chi connectivity index (χ3n) is 4.65. The molecule has 0 N–H and O–H groups in total. The highest BCUT2D eigenvalue weighted by molar-refractivity contribution is 5.97. The third-order valence-corrected chi connectivity index (χ3v) is 4.65. The highest BCUT2D eigenvalue weighted by Gasteiger charge is 2.27. The van der Waals surface area contributed by atoms with Crippen LogP contribution in [0.4, 0.5) is 0 Å². The predicted molar refractivity (Wildman–Crippen MR) is 105 cm³/mol. The molecule has 0 radical (unpaired) electrons. The Kier molecular flexibility index (Phi) is 10.6. The van der Waals surface area contributed by atoms with Crippen molar-refractivity contribution >= 4 is 11.6 Å². The van der Waals surface area contributed by atoms with Gasteiger partial charge in [-0.25, -0.2) is 0 Å². The first-order chi connectivity index (χ1) is 12.2. The number of rotatable bonds is 9. The summed E-state index contributed by atoms with van der Waals surface area (Å²) in [7, 11) is 8.28. The molecule has 154 valence electrons. The molecule has 0 saturated heterocycles. The highest BCUT2D eigenvalue weighted by Crippen LogP contribution is 2.09. The molecule has 0 aliphatic heterocycles. The van der Waals surface area contributed by atoms with Crippen molar-refractivity contribution in [2.45, 2.75) is 0 Å². The summed E-state index contributed by atoms with van der Waals surface area (Å²) in [5.41, 5.74) is 1.51. The topological polar surface area (TPSA) is 34.1 Å². The number of ketones is 2. The largest absolute Gasteiger partial charge is 1.00 e. The fourth-order valence-electron chi connectivity index (χ4n) is 2.91. The van der Waals surface area contributed by atoms with Gasteiger partial charge >= 0.3 is 0 Å². The molecule has 2 rings (SSSR count). The predicted octanol–water partition coefficient (Wildman–Crippen LogP) is -3.09. The standard InChI is InChI=1S/C22H30N2O2.2ClH/c1-23(2,17-21(25)19-11-7-5-8-12-19)15-16-24(3,4)18-22(26)20-13-9-6-10-14-20;;/h5-14H,15-18H2,1-4H3;2*1H/q+2;;/p-2. The van der Waals surface area contributed by atoms with Crippen LogP contribution in [0.5, 0.6) is 0 Å². The van der Waals surface area contributed by atoms with Crippen molar-refractivity contribution in [1.82, 2.24) is 0 Å². The van der Waals surface area contributed by atoms with E-state index >= 15 is 0 Å². The van der Waals surface area contributed by atoms with Gasteiger partial charge in [0.05, 0.1) is 28.2 Å². The third kappa shape index (κ3) is 8.53. The van der Waals surface area contributed by atoms with E-state index in [0.29, 0.717) is 22.1 Å². The van der Waals surface area contributed by atoms with Crippen molar-refractivity contribution < 1.29 is 43.4 Å². The Hall–Kier alpha value is -1.72. The lowest BCUT2D eigenvalue weighted by atomic mass is 10.1. The maximum absolute atomic E-state index is 12.5. The van der Waals surface area contributed by atoms with Crippen LogP contribution >= 0.6 is 0 Å². The fourth-order valence-corrected chi connectivity index (χ4v) is 2.91. The van der Waals surface area contributed by atoms with E-state index in [-0.39, 0.29) is 36.4 Å². The molecule has 0 aromatic heterocycles. The molecule has 0 bridgehead atoms. The average molecular weight is 425 g/mol. The van der Waals surface area contributed by atoms with Crippen molar-refractivity contribution in [3.63, 3.8) is 0 Å². The normalized spacial score (nSPS) is 11.1. The van der Waals surface area contributed by atoms with Gasteiger partial charge in [-0.15, -0.1) is 0 Å². The summed E-state index contributed by atoms with van der Waals surface area (Å²) in [6, 6.07) is 18.8. The van der Waals surface area contributed by atoms with E-state index in [1.807, 2.05) is 60.7 Å². The Morgan fingerprint density at radius 2 is 0.893 bits per heavy atom. The monoisotopic (exact) mass is 424 g/mol. The van der Waals surface area contributed by atoms with E-state index in [1.54, 1.807) is 0 Å². The number of hydrogen-bond acceptors (Lipinski definition) is 2. The quantitative estimate of drug-likeness (QED) is 0.316. The van der Waals surface area contributed by atoms with Crippen molar-refractivity contribution in [2.24, 2.45) is 0 Å². The summed E-state index contributed by atoms with van der Waals surface area (Å²) < 4.78 is 1.21. The molecule has 0 heterocycles. The van der Waals surface area contributed by atoms with Gasteiger partial charge in [0, 0.05) is 11.1 Å². The molecule has 0 atom stereocenters. The second kappa shape index (κ2) is 11.3. The molecule has 0 amide bonds. The number of halogens is 2. The van der Waals surface area contributed by atoms with Crippen LogP contribution in [-0.4, -0.2) is 74.9 Å². The number of benzene rings is 2. The van der Waals surface area contributed by atoms with Gasteiger partial charge in [-0.2, -0.15) is 0 Å². The van der Waals surface area contributed by atoms with Crippen LogP contribution in [0.2, 0.25) is 0 Å². The van der Waals surface area contributed by atoms with Crippen molar-refractivity contribution in [3.05, 3.63) is 71.8 Å². The Morgan fingerprint density at radius 3 is 1.18 bits per heavy atom. The lowest BCUT2D eigenvalue weighted by Crippen LogP contribution is -3.00. The molecular formula is C22H30Cl2N2O2. The molecule has 0 saturated carbocycles. The zero-order chi connectivity index (χ0) is 19.2. The number of hydrogen-bond donors (Lipinski definition) is 0. The minimum absolute atomic E-state index is 0. The number of Topliss-reactive ketones (excluding diaryl/α,β-unsaturated/α-hetero) is 2. The lowest BCUT2D eigenvalue weighted by molar-refractivity contribution is -0.938. The van der Waals surface area contributed by atoms with Crippen LogP contribution in [0.3, 0.4) is 0 Å². The number of carbonyl (C=O) groups is 2. The lowest BCUT2D eigenvalue weighted by Gasteiger charge is -2.35. The van der Waals surface area contributed by atoms with Crippen LogP contribution in [0.15, 0.2) is 60.7 Å². The van der Waals surface area contributed by atoms with Crippen molar-refractivity contribution in [3.8, 4) is 0 Å². The summed E-state index contributed by atoms with van der Waals surface area (Å²) in [5, 5.41) is 0. The number of likely N-dealkylation sites (N-methyl/N-ethyl adjacent to an activating group) is 2. The molecule has 2 aromatic carbocycles. The van der Waals surface area contributed by atoms with Gasteiger partial charge in [-0.05, 0) is 0 Å². The van der Waals surface area contributed by atoms with E-state index in [4.69, 9.17) is 0 Å². The van der Waals surface area contributed by atoms with Gasteiger partial charge in [-0.1, -0.05) is 60.7 Å². The minimum atomic E-state index is 0. The SMILES string of the molecule is C[N+](C)(CC[N+](C)(C)CC(=O)c1ccccc1)CC(=O)c1ccccc1.[Cl-].[Cl-]. The molecule has 4 nitrogen and oxygen atoms in total. The molecule has 0 spiro atoms. The van der Waals surface area contributed by atoms with Gasteiger partial charge in [0.25, 0.3) is 0 Å². The van der Waals surface area contributed by atoms with Gasteiger partial charge in [0.15, 0.2) is 0 Å². The highest BCUT2D eigenvalue weighted by atomic mass is 35.5. The average Bonchev–Trinajstić information content (AvgIpc) is 2.61. The maximum Gasteiger partial charge on any atom is 0.216 e.